The molecule has 4 aliphatic rings. The molecule has 0 saturated carbocycles. The molecule has 170 valence electrons. The molecule has 0 nitrogen and oxygen atoms in total. The van der Waals surface area contributed by atoms with Crippen molar-refractivity contribution in [3.8, 4) is 0 Å². The molecule has 4 aliphatic heterocycles. The van der Waals surface area contributed by atoms with Crippen LogP contribution in [0.3, 0.4) is 0 Å². The Morgan fingerprint density at radius 1 is 0.353 bits per heavy atom. The highest BCUT2D eigenvalue weighted by atomic mass is 28.3. The zero-order chi connectivity index (χ0) is 24.0. The molecule has 0 aromatic heterocycles. The van der Waals surface area contributed by atoms with Crippen LogP contribution in [-0.4, -0.2) is 32.3 Å². The van der Waals surface area contributed by atoms with Gasteiger partial charge in [0.15, 0.2) is 0 Å². The Morgan fingerprint density at radius 3 is 1.03 bits per heavy atom. The van der Waals surface area contributed by atoms with Crippen LogP contribution in [0.4, 0.5) is 0 Å². The van der Waals surface area contributed by atoms with Crippen molar-refractivity contribution in [1.29, 1.82) is 0 Å². The van der Waals surface area contributed by atoms with Gasteiger partial charge in [-0.3, -0.25) is 0 Å². The van der Waals surface area contributed by atoms with Gasteiger partial charge in [0, 0.05) is 0 Å². The Balaban J connectivity index is 1.52. The van der Waals surface area contributed by atoms with Crippen molar-refractivity contribution >= 4 is 73.8 Å². The molecular formula is C30H34Si4. The number of rotatable bonds is 0. The van der Waals surface area contributed by atoms with E-state index in [1.807, 2.05) is 0 Å². The molecule has 3 aromatic rings. The van der Waals surface area contributed by atoms with Crippen molar-refractivity contribution in [2.75, 3.05) is 0 Å². The normalized spacial score (nSPS) is 22.8. The first kappa shape index (κ1) is 21.3. The van der Waals surface area contributed by atoms with Gasteiger partial charge >= 0.3 is 0 Å². The van der Waals surface area contributed by atoms with Crippen LogP contribution < -0.4 is 20.7 Å². The summed E-state index contributed by atoms with van der Waals surface area (Å²) in [6, 6.07) is 24.3. The minimum atomic E-state index is -1.77. The molecule has 0 spiro atoms. The van der Waals surface area contributed by atoms with Gasteiger partial charge in [-0.15, -0.1) is 0 Å². The Labute approximate surface area is 208 Å². The maximum atomic E-state index is 2.75. The summed E-state index contributed by atoms with van der Waals surface area (Å²) < 4.78 is 0. The maximum absolute atomic E-state index is 2.75. The van der Waals surface area contributed by atoms with Gasteiger partial charge in [-0.05, 0) is 63.8 Å². The smallest absolute Gasteiger partial charge is 0.0623 e. The summed E-state index contributed by atoms with van der Waals surface area (Å²) in [6.45, 7) is 20.9. The SMILES string of the molecule is C[Si]1(C)C2=C(c3ccccc31)[Si](C)(C)c1cc3c(cc12)[Si](C)(C)C1=C3[Si](C)(C)c2ccccc21. The van der Waals surface area contributed by atoms with E-state index < -0.39 is 32.3 Å². The first-order chi connectivity index (χ1) is 15.9. The summed E-state index contributed by atoms with van der Waals surface area (Å²) in [6.07, 6.45) is 0. The van der Waals surface area contributed by atoms with Gasteiger partial charge in [0.2, 0.25) is 0 Å². The molecule has 0 saturated heterocycles. The van der Waals surface area contributed by atoms with Gasteiger partial charge in [-0.25, -0.2) is 0 Å². The summed E-state index contributed by atoms with van der Waals surface area (Å²) in [5.74, 6) is 0. The molecule has 3 aromatic carbocycles. The van der Waals surface area contributed by atoms with Crippen LogP contribution >= 0.6 is 0 Å². The highest BCUT2D eigenvalue weighted by Gasteiger charge is 2.55. The first-order valence-electron chi connectivity index (χ1n) is 12.8. The van der Waals surface area contributed by atoms with Gasteiger partial charge in [-0.2, -0.15) is 0 Å². The Hall–Kier alpha value is -1.99. The summed E-state index contributed by atoms with van der Waals surface area (Å²) in [4.78, 5) is 0. The van der Waals surface area contributed by atoms with E-state index in [4.69, 9.17) is 0 Å². The molecule has 34 heavy (non-hydrogen) atoms. The summed E-state index contributed by atoms with van der Waals surface area (Å²) in [7, 11) is -6.93. The minimum absolute atomic E-state index is 1.60. The number of hydrogen-bond donors (Lipinski definition) is 0. The molecule has 0 unspecified atom stereocenters. The van der Waals surface area contributed by atoms with Gasteiger partial charge in [0.25, 0.3) is 0 Å². The number of hydrogen-bond acceptors (Lipinski definition) is 0. The Bertz CT molecular complexity index is 1430. The molecule has 0 aliphatic carbocycles. The lowest BCUT2D eigenvalue weighted by atomic mass is 10.1. The average Bonchev–Trinajstić information content (AvgIpc) is 3.36. The van der Waals surface area contributed by atoms with Gasteiger partial charge < -0.3 is 0 Å². The van der Waals surface area contributed by atoms with Crippen LogP contribution in [-0.2, 0) is 0 Å². The van der Waals surface area contributed by atoms with Crippen molar-refractivity contribution in [2.45, 2.75) is 52.4 Å². The monoisotopic (exact) mass is 506 g/mol. The quantitative estimate of drug-likeness (QED) is 0.359. The Kier molecular flexibility index (Phi) is 3.78. The second-order valence-electron chi connectivity index (χ2n) is 13.0. The maximum Gasteiger partial charge on any atom is 0.113 e. The molecule has 0 N–H and O–H groups in total. The zero-order valence-corrected chi connectivity index (χ0v) is 25.8. The largest absolute Gasteiger partial charge is 0.113 e. The van der Waals surface area contributed by atoms with E-state index in [1.165, 1.54) is 0 Å². The summed E-state index contributed by atoms with van der Waals surface area (Å²) in [5.41, 5.74) is 6.52. The molecule has 4 heteroatoms. The molecule has 0 bridgehead atoms. The van der Waals surface area contributed by atoms with Crippen LogP contribution in [0.1, 0.15) is 22.3 Å². The lowest BCUT2D eigenvalue weighted by Crippen LogP contribution is -2.49. The number of benzene rings is 3. The van der Waals surface area contributed by atoms with Crippen molar-refractivity contribution in [3.63, 3.8) is 0 Å². The van der Waals surface area contributed by atoms with Crippen molar-refractivity contribution < 1.29 is 0 Å². The van der Waals surface area contributed by atoms with E-state index in [2.05, 4.69) is 113 Å². The van der Waals surface area contributed by atoms with Crippen LogP contribution in [0.15, 0.2) is 60.7 Å². The van der Waals surface area contributed by atoms with Gasteiger partial charge in [0.1, 0.15) is 32.3 Å². The standard InChI is InChI=1S/C30H34Si4/c1-31(2)23-15-11-9-13-19(23)27-29(31)21-17-26-22(18-25(21)33(27,5)6)30-28(34(26,7)8)20-14-10-12-16-24(20)32(30,3)4/h9-18H,1-8H3. The van der Waals surface area contributed by atoms with E-state index in [-0.39, 0.29) is 0 Å². The second kappa shape index (κ2) is 6.04. The zero-order valence-electron chi connectivity index (χ0n) is 21.8. The molecule has 0 fully saturated rings. The summed E-state index contributed by atoms with van der Waals surface area (Å²) in [5, 5.41) is 13.9. The van der Waals surface area contributed by atoms with Crippen LogP contribution in [0.2, 0.25) is 52.4 Å². The molecular weight excluding hydrogens is 473 g/mol. The topological polar surface area (TPSA) is 0 Å². The minimum Gasteiger partial charge on any atom is -0.0623 e. The van der Waals surface area contributed by atoms with E-state index in [0.29, 0.717) is 0 Å². The van der Waals surface area contributed by atoms with E-state index in [9.17, 15) is 0 Å². The average molecular weight is 507 g/mol. The summed E-state index contributed by atoms with van der Waals surface area (Å²) >= 11 is 0. The van der Waals surface area contributed by atoms with E-state index >= 15 is 0 Å². The van der Waals surface area contributed by atoms with Crippen molar-refractivity contribution in [1.82, 2.24) is 0 Å². The van der Waals surface area contributed by atoms with Crippen molar-refractivity contribution in [2.24, 2.45) is 0 Å². The molecule has 0 atom stereocenters. The van der Waals surface area contributed by atoms with Gasteiger partial charge in [-0.1, -0.05) is 113 Å². The lowest BCUT2D eigenvalue weighted by molar-refractivity contribution is 1.63. The molecule has 0 amide bonds. The second-order valence-corrected chi connectivity index (χ2v) is 30.2. The fourth-order valence-electron chi connectivity index (χ4n) is 8.21. The third-order valence-electron chi connectivity index (χ3n) is 9.78. The third-order valence-corrected chi connectivity index (χ3v) is 24.4. The van der Waals surface area contributed by atoms with E-state index in [1.54, 1.807) is 63.8 Å². The highest BCUT2D eigenvalue weighted by Crippen LogP contribution is 2.52. The van der Waals surface area contributed by atoms with E-state index in [0.717, 1.165) is 0 Å². The molecule has 7 rings (SSSR count). The predicted octanol–water partition coefficient (Wildman–Crippen LogP) is 5.38. The highest BCUT2D eigenvalue weighted by molar-refractivity contribution is 7.22. The van der Waals surface area contributed by atoms with Gasteiger partial charge in [0.05, 0.1) is 0 Å². The lowest BCUT2D eigenvalue weighted by Gasteiger charge is -2.30. The fraction of sp³-hybridized carbons (Fsp3) is 0.267. The third kappa shape index (κ3) is 2.16. The Morgan fingerprint density at radius 2 is 0.647 bits per heavy atom. The van der Waals surface area contributed by atoms with Crippen molar-refractivity contribution in [3.05, 3.63) is 82.9 Å². The fourth-order valence-corrected chi connectivity index (χ4v) is 25.7. The van der Waals surface area contributed by atoms with Crippen LogP contribution in [0.25, 0.3) is 20.8 Å². The first-order valence-corrected chi connectivity index (χ1v) is 24.8. The predicted molar refractivity (Wildman–Crippen MR) is 161 cm³/mol. The number of fused-ring (bicyclic) bond motifs is 8. The van der Waals surface area contributed by atoms with Crippen LogP contribution in [0.5, 0.6) is 0 Å². The molecule has 0 radical (unpaired) electrons. The molecule has 4 heterocycles. The van der Waals surface area contributed by atoms with Crippen LogP contribution in [0, 0.1) is 0 Å².